The molecule has 34 heavy (non-hydrogen) atoms. The van der Waals surface area contributed by atoms with E-state index in [-0.39, 0.29) is 0 Å². The van der Waals surface area contributed by atoms with E-state index in [1.165, 1.54) is 0 Å². The van der Waals surface area contributed by atoms with Crippen LogP contribution in [0.25, 0.3) is 21.6 Å². The standard InChI is InChI=1S/C26H28N4O3S/c1-31-21-11-10-18(23(32-2)24(21)33-3)17-29-12-14-30(15-13-29)26-19-7-4-5-8-20(19)27-25(28-26)22-9-6-16-34-22/h4-11,16H,12-15,17H2,1-3H3. The van der Waals surface area contributed by atoms with E-state index in [9.17, 15) is 0 Å². The van der Waals surface area contributed by atoms with Gasteiger partial charge in [-0.25, -0.2) is 9.97 Å². The molecular formula is C26H28N4O3S. The van der Waals surface area contributed by atoms with Crippen LogP contribution in [0, 0.1) is 0 Å². The average Bonchev–Trinajstić information content (AvgIpc) is 3.43. The summed E-state index contributed by atoms with van der Waals surface area (Å²) in [5, 5.41) is 3.16. The molecule has 5 rings (SSSR count). The quantitative estimate of drug-likeness (QED) is 0.383. The molecule has 0 unspecified atom stereocenters. The van der Waals surface area contributed by atoms with Crippen molar-refractivity contribution in [1.29, 1.82) is 0 Å². The number of thiophene rings is 1. The lowest BCUT2D eigenvalue weighted by Gasteiger charge is -2.36. The zero-order valence-electron chi connectivity index (χ0n) is 19.7. The number of anilines is 1. The van der Waals surface area contributed by atoms with Gasteiger partial charge in [-0.2, -0.15) is 0 Å². The summed E-state index contributed by atoms with van der Waals surface area (Å²) >= 11 is 1.67. The molecule has 7 nitrogen and oxygen atoms in total. The molecule has 2 aromatic carbocycles. The van der Waals surface area contributed by atoms with Gasteiger partial charge in [0.1, 0.15) is 5.82 Å². The minimum absolute atomic E-state index is 0.634. The van der Waals surface area contributed by atoms with E-state index in [1.54, 1.807) is 32.7 Å². The highest BCUT2D eigenvalue weighted by molar-refractivity contribution is 7.13. The summed E-state index contributed by atoms with van der Waals surface area (Å²) in [6.07, 6.45) is 0. The number of rotatable bonds is 7. The van der Waals surface area contributed by atoms with Crippen LogP contribution in [0.2, 0.25) is 0 Å². The van der Waals surface area contributed by atoms with Crippen molar-refractivity contribution in [3.05, 3.63) is 59.5 Å². The third-order valence-corrected chi connectivity index (χ3v) is 7.04. The Morgan fingerprint density at radius 2 is 1.62 bits per heavy atom. The van der Waals surface area contributed by atoms with Gasteiger partial charge >= 0.3 is 0 Å². The smallest absolute Gasteiger partial charge is 0.203 e. The molecule has 2 aromatic heterocycles. The highest BCUT2D eigenvalue weighted by Gasteiger charge is 2.23. The molecule has 176 valence electrons. The maximum atomic E-state index is 5.68. The van der Waals surface area contributed by atoms with Gasteiger partial charge in [0.25, 0.3) is 0 Å². The molecule has 1 saturated heterocycles. The zero-order valence-corrected chi connectivity index (χ0v) is 20.5. The summed E-state index contributed by atoms with van der Waals surface area (Å²) in [5.41, 5.74) is 2.06. The van der Waals surface area contributed by atoms with Gasteiger partial charge in [-0.05, 0) is 29.6 Å². The van der Waals surface area contributed by atoms with Crippen LogP contribution in [-0.4, -0.2) is 62.4 Å². The molecule has 8 heteroatoms. The molecule has 0 atom stereocenters. The Morgan fingerprint density at radius 3 is 2.32 bits per heavy atom. The van der Waals surface area contributed by atoms with Crippen LogP contribution in [0.1, 0.15) is 5.56 Å². The number of ether oxygens (including phenoxy) is 3. The van der Waals surface area contributed by atoms with E-state index in [4.69, 9.17) is 24.2 Å². The summed E-state index contributed by atoms with van der Waals surface area (Å²) in [4.78, 5) is 15.7. The number of hydrogen-bond donors (Lipinski definition) is 0. The fraction of sp³-hybridized carbons (Fsp3) is 0.308. The molecule has 0 radical (unpaired) electrons. The van der Waals surface area contributed by atoms with Gasteiger partial charge in [0, 0.05) is 43.7 Å². The number of methoxy groups -OCH3 is 3. The summed E-state index contributed by atoms with van der Waals surface area (Å²) < 4.78 is 16.7. The number of para-hydroxylation sites is 1. The molecule has 1 fully saturated rings. The van der Waals surface area contributed by atoms with Gasteiger partial charge in [0.05, 0.1) is 31.7 Å². The largest absolute Gasteiger partial charge is 0.493 e. The molecular weight excluding hydrogens is 448 g/mol. The fourth-order valence-electron chi connectivity index (χ4n) is 4.46. The Balaban J connectivity index is 1.36. The average molecular weight is 477 g/mol. The van der Waals surface area contributed by atoms with Crippen molar-refractivity contribution in [3.8, 4) is 28.0 Å². The minimum Gasteiger partial charge on any atom is -0.493 e. The molecule has 0 aliphatic carbocycles. The molecule has 4 aromatic rings. The molecule has 0 spiro atoms. The Labute approximate surface area is 203 Å². The Bertz CT molecular complexity index is 1270. The Kier molecular flexibility index (Phi) is 6.51. The topological polar surface area (TPSA) is 60.0 Å². The number of fused-ring (bicyclic) bond motifs is 1. The van der Waals surface area contributed by atoms with Gasteiger partial charge in [-0.1, -0.05) is 24.3 Å². The van der Waals surface area contributed by atoms with Crippen LogP contribution >= 0.6 is 11.3 Å². The van der Waals surface area contributed by atoms with Gasteiger partial charge in [0.2, 0.25) is 5.75 Å². The van der Waals surface area contributed by atoms with E-state index in [1.807, 2.05) is 18.2 Å². The third kappa shape index (κ3) is 4.26. The van der Waals surface area contributed by atoms with Crippen LogP contribution in [0.4, 0.5) is 5.82 Å². The number of aromatic nitrogens is 2. The van der Waals surface area contributed by atoms with Gasteiger partial charge < -0.3 is 19.1 Å². The molecule has 3 heterocycles. The lowest BCUT2D eigenvalue weighted by molar-refractivity contribution is 0.243. The lowest BCUT2D eigenvalue weighted by Crippen LogP contribution is -2.46. The maximum absolute atomic E-state index is 5.68. The van der Waals surface area contributed by atoms with Crippen molar-refractivity contribution in [2.24, 2.45) is 0 Å². The van der Waals surface area contributed by atoms with Gasteiger partial charge in [0.15, 0.2) is 17.3 Å². The first-order valence-electron chi connectivity index (χ1n) is 11.3. The minimum atomic E-state index is 0.634. The predicted molar refractivity (Wildman–Crippen MR) is 136 cm³/mol. The molecule has 0 bridgehead atoms. The molecule has 0 N–H and O–H groups in total. The molecule has 0 saturated carbocycles. The van der Waals surface area contributed by atoms with Crippen molar-refractivity contribution < 1.29 is 14.2 Å². The van der Waals surface area contributed by atoms with Gasteiger partial charge in [-0.3, -0.25) is 4.90 Å². The van der Waals surface area contributed by atoms with Gasteiger partial charge in [-0.15, -0.1) is 11.3 Å². The fourth-order valence-corrected chi connectivity index (χ4v) is 5.12. The van der Waals surface area contributed by atoms with Crippen LogP contribution in [0.3, 0.4) is 0 Å². The first-order valence-corrected chi connectivity index (χ1v) is 12.2. The van der Waals surface area contributed by atoms with Crippen LogP contribution in [0.15, 0.2) is 53.9 Å². The number of benzene rings is 2. The number of hydrogen-bond acceptors (Lipinski definition) is 8. The Morgan fingerprint density at radius 1 is 0.824 bits per heavy atom. The predicted octanol–water partition coefficient (Wildman–Crippen LogP) is 4.71. The van der Waals surface area contributed by atoms with E-state index < -0.39 is 0 Å². The first kappa shape index (κ1) is 22.4. The summed E-state index contributed by atoms with van der Waals surface area (Å²) in [5.74, 6) is 3.84. The van der Waals surface area contributed by atoms with Crippen LogP contribution in [0.5, 0.6) is 17.2 Å². The molecule has 0 amide bonds. The molecule has 1 aliphatic rings. The monoisotopic (exact) mass is 476 g/mol. The second kappa shape index (κ2) is 9.87. The number of piperazine rings is 1. The summed E-state index contributed by atoms with van der Waals surface area (Å²) in [6, 6.07) is 16.4. The number of nitrogens with zero attached hydrogens (tertiary/aromatic N) is 4. The maximum Gasteiger partial charge on any atom is 0.203 e. The Hall–Kier alpha value is -3.36. The van der Waals surface area contributed by atoms with E-state index in [0.29, 0.717) is 11.5 Å². The summed E-state index contributed by atoms with van der Waals surface area (Å²) in [7, 11) is 4.94. The SMILES string of the molecule is COc1ccc(CN2CCN(c3nc(-c4cccs4)nc4ccccc34)CC2)c(OC)c1OC. The van der Waals surface area contributed by atoms with Crippen LogP contribution in [-0.2, 0) is 6.54 Å². The van der Waals surface area contributed by atoms with E-state index in [2.05, 4.69) is 45.5 Å². The van der Waals surface area contributed by atoms with E-state index >= 15 is 0 Å². The van der Waals surface area contributed by atoms with Crippen molar-refractivity contribution in [2.75, 3.05) is 52.4 Å². The normalized spacial score (nSPS) is 14.4. The highest BCUT2D eigenvalue weighted by Crippen LogP contribution is 2.40. The highest BCUT2D eigenvalue weighted by atomic mass is 32.1. The summed E-state index contributed by atoms with van der Waals surface area (Å²) in [6.45, 7) is 4.40. The third-order valence-electron chi connectivity index (χ3n) is 6.18. The first-order chi connectivity index (χ1) is 16.7. The second-order valence-corrected chi connectivity index (χ2v) is 9.07. The van der Waals surface area contributed by atoms with Crippen molar-refractivity contribution >= 4 is 28.1 Å². The van der Waals surface area contributed by atoms with E-state index in [0.717, 1.165) is 71.5 Å². The zero-order chi connectivity index (χ0) is 23.5. The van der Waals surface area contributed by atoms with Crippen molar-refractivity contribution in [3.63, 3.8) is 0 Å². The van der Waals surface area contributed by atoms with Crippen molar-refractivity contribution in [1.82, 2.24) is 14.9 Å². The second-order valence-electron chi connectivity index (χ2n) is 8.12. The van der Waals surface area contributed by atoms with Crippen molar-refractivity contribution in [2.45, 2.75) is 6.54 Å². The van der Waals surface area contributed by atoms with Crippen LogP contribution < -0.4 is 19.1 Å². The molecule has 1 aliphatic heterocycles. The lowest BCUT2D eigenvalue weighted by atomic mass is 10.1.